The van der Waals surface area contributed by atoms with Crippen LogP contribution in [-0.2, 0) is 6.54 Å². The van der Waals surface area contributed by atoms with Gasteiger partial charge in [-0.15, -0.1) is 0 Å². The third-order valence-corrected chi connectivity index (χ3v) is 8.14. The van der Waals surface area contributed by atoms with Crippen LogP contribution in [0.4, 0.5) is 14.6 Å². The van der Waals surface area contributed by atoms with Crippen LogP contribution >= 0.6 is 11.6 Å². The number of alkyl halides is 2. The average molecular weight is 610 g/mol. The Labute approximate surface area is 253 Å². The van der Waals surface area contributed by atoms with Gasteiger partial charge in [-0.2, -0.15) is 0 Å². The van der Waals surface area contributed by atoms with Crippen LogP contribution in [0.25, 0.3) is 11.1 Å². The Kier molecular flexibility index (Phi) is 7.85. The van der Waals surface area contributed by atoms with E-state index >= 15 is 0 Å². The van der Waals surface area contributed by atoms with Gasteiger partial charge in [-0.3, -0.25) is 14.4 Å². The van der Waals surface area contributed by atoms with Gasteiger partial charge in [0.25, 0.3) is 23.3 Å². The number of hydrogen-bond donors (Lipinski definition) is 2. The van der Waals surface area contributed by atoms with Crippen molar-refractivity contribution in [3.8, 4) is 11.1 Å². The first-order valence-corrected chi connectivity index (χ1v) is 15.1. The van der Waals surface area contributed by atoms with Gasteiger partial charge in [0.15, 0.2) is 0 Å². The van der Waals surface area contributed by atoms with Crippen molar-refractivity contribution in [2.45, 2.75) is 64.0 Å². The van der Waals surface area contributed by atoms with E-state index in [0.717, 1.165) is 48.4 Å². The predicted octanol–water partition coefficient (Wildman–Crippen LogP) is 5.87. The van der Waals surface area contributed by atoms with Crippen LogP contribution in [0.5, 0.6) is 0 Å². The minimum atomic E-state index is -2.90. The molecule has 3 aromatic rings. The van der Waals surface area contributed by atoms with Crippen molar-refractivity contribution in [3.63, 3.8) is 0 Å². The second kappa shape index (κ2) is 11.5. The highest BCUT2D eigenvalue weighted by Crippen LogP contribution is 2.42. The highest BCUT2D eigenvalue weighted by molar-refractivity contribution is 6.31. The minimum absolute atomic E-state index is 0.0389. The number of aromatic nitrogens is 2. The molecule has 1 aromatic carbocycles. The van der Waals surface area contributed by atoms with Crippen molar-refractivity contribution < 1.29 is 18.4 Å². The zero-order chi connectivity index (χ0) is 30.5. The number of rotatable bonds is 10. The smallest absolute Gasteiger partial charge is 0.282 e. The molecule has 8 nitrogen and oxygen atoms in total. The third-order valence-electron chi connectivity index (χ3n) is 7.90. The number of nitrogens with zero attached hydrogens (tertiary/aromatic N) is 3. The van der Waals surface area contributed by atoms with E-state index in [1.165, 1.54) is 6.07 Å². The number of nitrogens with one attached hydrogen (secondary N) is 2. The first-order chi connectivity index (χ1) is 20.5. The van der Waals surface area contributed by atoms with E-state index in [9.17, 15) is 23.2 Å². The molecule has 3 heterocycles. The summed E-state index contributed by atoms with van der Waals surface area (Å²) in [5.74, 6) is -3.09. The second-order valence-corrected chi connectivity index (χ2v) is 12.8. The molecular weight excluding hydrogens is 576 g/mol. The highest BCUT2D eigenvalue weighted by Gasteiger charge is 2.46. The van der Waals surface area contributed by atoms with Crippen LogP contribution in [0, 0.1) is 5.92 Å². The Morgan fingerprint density at radius 1 is 1.07 bits per heavy atom. The Hall–Kier alpha value is -3.63. The van der Waals surface area contributed by atoms with Crippen molar-refractivity contribution in [1.82, 2.24) is 19.8 Å². The molecule has 226 valence electrons. The van der Waals surface area contributed by atoms with Crippen LogP contribution in [0.2, 0.25) is 5.02 Å². The lowest BCUT2D eigenvalue weighted by atomic mass is 9.96. The van der Waals surface area contributed by atoms with E-state index in [-0.39, 0.29) is 34.5 Å². The molecule has 0 radical (unpaired) electrons. The van der Waals surface area contributed by atoms with Crippen molar-refractivity contribution in [2.75, 3.05) is 25.0 Å². The summed E-state index contributed by atoms with van der Waals surface area (Å²) in [6, 6.07) is 10.0. The molecule has 3 fully saturated rings. The molecule has 43 heavy (non-hydrogen) atoms. The summed E-state index contributed by atoms with van der Waals surface area (Å²) in [6.45, 7) is 4.27. The maximum atomic E-state index is 13.6. The van der Waals surface area contributed by atoms with Crippen LogP contribution < -0.4 is 16.2 Å². The summed E-state index contributed by atoms with van der Waals surface area (Å²) in [5.41, 5.74) is 2.58. The number of pyridine rings is 2. The number of likely N-dealkylation sites (tertiary alicyclic amines) is 1. The monoisotopic (exact) mass is 609 g/mol. The summed E-state index contributed by atoms with van der Waals surface area (Å²) >= 11 is 6.22. The summed E-state index contributed by atoms with van der Waals surface area (Å²) in [6.07, 6.45) is 5.51. The van der Waals surface area contributed by atoms with Gasteiger partial charge in [-0.05, 0) is 85.2 Å². The first-order valence-electron chi connectivity index (χ1n) is 14.7. The van der Waals surface area contributed by atoms with E-state index < -0.39 is 30.8 Å². The number of amides is 2. The van der Waals surface area contributed by atoms with Gasteiger partial charge in [0, 0.05) is 41.0 Å². The molecule has 2 amide bonds. The van der Waals surface area contributed by atoms with Gasteiger partial charge in [-0.1, -0.05) is 31.5 Å². The number of anilines is 1. The van der Waals surface area contributed by atoms with Crippen molar-refractivity contribution >= 4 is 29.2 Å². The van der Waals surface area contributed by atoms with Gasteiger partial charge < -0.3 is 20.1 Å². The number of carbonyl (C=O) groups is 2. The molecule has 3 aliphatic rings. The number of halogens is 3. The molecule has 2 aromatic heterocycles. The van der Waals surface area contributed by atoms with Crippen LogP contribution in [-0.4, -0.2) is 51.8 Å². The van der Waals surface area contributed by atoms with Crippen molar-refractivity contribution in [2.24, 2.45) is 5.92 Å². The predicted molar refractivity (Wildman–Crippen MR) is 161 cm³/mol. The quantitative estimate of drug-likeness (QED) is 0.300. The Bertz CT molecular complexity index is 1640. The van der Waals surface area contributed by atoms with Gasteiger partial charge in [0.2, 0.25) is 0 Å². The zero-order valence-corrected chi connectivity index (χ0v) is 24.9. The van der Waals surface area contributed by atoms with Crippen LogP contribution in [0.15, 0.2) is 47.4 Å². The molecule has 0 bridgehead atoms. The molecule has 2 saturated carbocycles. The minimum Gasteiger partial charge on any atom is -0.326 e. The second-order valence-electron chi connectivity index (χ2n) is 12.3. The van der Waals surface area contributed by atoms with Gasteiger partial charge in [0.1, 0.15) is 11.4 Å². The Morgan fingerprint density at radius 3 is 2.47 bits per heavy atom. The first kappa shape index (κ1) is 29.4. The van der Waals surface area contributed by atoms with E-state index in [1.54, 1.807) is 28.8 Å². The molecule has 1 aliphatic heterocycles. The van der Waals surface area contributed by atoms with Crippen LogP contribution in [0.3, 0.4) is 0 Å². The Balaban J connectivity index is 1.32. The Morgan fingerprint density at radius 2 is 1.81 bits per heavy atom. The van der Waals surface area contributed by atoms with Gasteiger partial charge in [0.05, 0.1) is 13.1 Å². The molecule has 1 saturated heterocycles. The van der Waals surface area contributed by atoms with Gasteiger partial charge in [-0.25, -0.2) is 13.8 Å². The lowest BCUT2D eigenvalue weighted by molar-refractivity contribution is -0.113. The molecule has 11 heteroatoms. The normalized spacial score (nSPS) is 17.6. The summed E-state index contributed by atoms with van der Waals surface area (Å²) < 4.78 is 28.8. The number of benzene rings is 1. The zero-order valence-electron chi connectivity index (χ0n) is 24.1. The lowest BCUT2D eigenvalue weighted by Crippen LogP contribution is -2.58. The summed E-state index contributed by atoms with van der Waals surface area (Å²) in [5, 5.41) is 6.51. The van der Waals surface area contributed by atoms with E-state index in [4.69, 9.17) is 11.6 Å². The molecule has 6 rings (SSSR count). The number of hydrogen-bond acceptors (Lipinski definition) is 5. The van der Waals surface area contributed by atoms with Crippen LogP contribution in [0.1, 0.15) is 83.5 Å². The van der Waals surface area contributed by atoms with Crippen molar-refractivity contribution in [1.29, 1.82) is 0 Å². The molecule has 0 atom stereocenters. The van der Waals surface area contributed by atoms with Gasteiger partial charge >= 0.3 is 0 Å². The summed E-state index contributed by atoms with van der Waals surface area (Å²) in [7, 11) is 0. The fourth-order valence-electron chi connectivity index (χ4n) is 5.36. The summed E-state index contributed by atoms with van der Waals surface area (Å²) in [4.78, 5) is 45.9. The van der Waals surface area contributed by atoms with Crippen molar-refractivity contribution in [3.05, 3.63) is 80.4 Å². The molecule has 0 spiro atoms. The number of carbonyl (C=O) groups excluding carboxylic acids is 2. The highest BCUT2D eigenvalue weighted by atomic mass is 35.5. The average Bonchev–Trinajstić information content (AvgIpc) is 3.85. The molecule has 2 N–H and O–H groups in total. The fraction of sp³-hybridized carbons (Fsp3) is 0.438. The maximum Gasteiger partial charge on any atom is 0.282 e. The largest absolute Gasteiger partial charge is 0.326 e. The molecular formula is C32H34ClF2N5O3. The third kappa shape index (κ3) is 6.65. The van der Waals surface area contributed by atoms with E-state index in [2.05, 4.69) is 29.5 Å². The van der Waals surface area contributed by atoms with E-state index in [0.29, 0.717) is 28.6 Å². The standard InChI is InChI=1S/C32H34ClF2N5O3/c1-18(2)13-36-14-19-9-26(31(43)40(15-19)23-6-7-23)29(41)38-28-11-21(10-27(37-28)20-3-4-20)24-8-5-22(33)12-25(24)30(42)39-16-32(34,35)17-39/h5,8-12,15,18,20,23,36H,3-4,6-7,13-14,16-17H2,1-2H3,(H,37,38,41). The van der Waals surface area contributed by atoms with E-state index in [1.807, 2.05) is 12.3 Å². The molecule has 2 aliphatic carbocycles. The molecule has 0 unspecified atom stereocenters. The SMILES string of the molecule is CC(C)CNCc1cc(C(=O)Nc2cc(-c3ccc(Cl)cc3C(=O)N3CC(F)(F)C3)cc(C3CC3)n2)c(=O)n(C2CC2)c1. The maximum absolute atomic E-state index is 13.6. The topological polar surface area (TPSA) is 96.3 Å². The fourth-order valence-corrected chi connectivity index (χ4v) is 5.54. The lowest BCUT2D eigenvalue weighted by Gasteiger charge is -2.39.